The smallest absolute Gasteiger partial charge is 0.269 e. The van der Waals surface area contributed by atoms with Crippen molar-refractivity contribution in [1.82, 2.24) is 0 Å². The SMILES string of the molecule is Cc1cc([N+](=O)[O-])ccc1Oc1cccc(C2(C#N)CC2)c1. The van der Waals surface area contributed by atoms with Crippen LogP contribution in [0.2, 0.25) is 0 Å². The number of hydrogen-bond donors (Lipinski definition) is 0. The van der Waals surface area contributed by atoms with Gasteiger partial charge in [0, 0.05) is 12.1 Å². The van der Waals surface area contributed by atoms with E-state index >= 15 is 0 Å². The van der Waals surface area contributed by atoms with E-state index in [1.165, 1.54) is 12.1 Å². The lowest BCUT2D eigenvalue weighted by molar-refractivity contribution is -0.384. The van der Waals surface area contributed by atoms with E-state index in [-0.39, 0.29) is 11.1 Å². The van der Waals surface area contributed by atoms with Gasteiger partial charge < -0.3 is 4.74 Å². The highest BCUT2D eigenvalue weighted by atomic mass is 16.6. The average Bonchev–Trinajstić information content (AvgIpc) is 3.31. The zero-order chi connectivity index (χ0) is 15.7. The third kappa shape index (κ3) is 2.51. The van der Waals surface area contributed by atoms with Crippen LogP contribution in [0.1, 0.15) is 24.0 Å². The summed E-state index contributed by atoms with van der Waals surface area (Å²) in [5.74, 6) is 1.21. The summed E-state index contributed by atoms with van der Waals surface area (Å²) >= 11 is 0. The molecule has 0 N–H and O–H groups in total. The number of nitriles is 1. The molecule has 1 aliphatic rings. The molecule has 0 bridgehead atoms. The van der Waals surface area contributed by atoms with Crippen LogP contribution < -0.4 is 4.74 Å². The first kappa shape index (κ1) is 14.1. The van der Waals surface area contributed by atoms with Gasteiger partial charge in [-0.3, -0.25) is 10.1 Å². The molecule has 5 heteroatoms. The van der Waals surface area contributed by atoms with Crippen LogP contribution in [0.5, 0.6) is 11.5 Å². The second-order valence-electron chi connectivity index (χ2n) is 5.53. The van der Waals surface area contributed by atoms with Crippen molar-refractivity contribution in [3.8, 4) is 17.6 Å². The molecular weight excluding hydrogens is 280 g/mol. The van der Waals surface area contributed by atoms with E-state index in [0.29, 0.717) is 17.1 Å². The first-order chi connectivity index (χ1) is 10.5. The van der Waals surface area contributed by atoms with Crippen LogP contribution >= 0.6 is 0 Å². The van der Waals surface area contributed by atoms with Gasteiger partial charge in [0.25, 0.3) is 5.69 Å². The van der Waals surface area contributed by atoms with E-state index in [2.05, 4.69) is 6.07 Å². The molecule has 2 aromatic rings. The largest absolute Gasteiger partial charge is 0.457 e. The average molecular weight is 294 g/mol. The van der Waals surface area contributed by atoms with Crippen molar-refractivity contribution in [2.75, 3.05) is 0 Å². The summed E-state index contributed by atoms with van der Waals surface area (Å²) in [7, 11) is 0. The molecule has 22 heavy (non-hydrogen) atoms. The molecule has 0 heterocycles. The number of benzene rings is 2. The minimum atomic E-state index is -0.429. The zero-order valence-corrected chi connectivity index (χ0v) is 12.1. The van der Waals surface area contributed by atoms with Gasteiger partial charge in [-0.15, -0.1) is 0 Å². The van der Waals surface area contributed by atoms with Gasteiger partial charge in [-0.25, -0.2) is 0 Å². The fourth-order valence-corrected chi connectivity index (χ4v) is 2.44. The van der Waals surface area contributed by atoms with E-state index in [4.69, 9.17) is 4.74 Å². The first-order valence-corrected chi connectivity index (χ1v) is 6.99. The minimum Gasteiger partial charge on any atom is -0.457 e. The Hall–Kier alpha value is -2.87. The highest BCUT2D eigenvalue weighted by molar-refractivity contribution is 5.47. The van der Waals surface area contributed by atoms with Gasteiger partial charge in [0.15, 0.2) is 0 Å². The normalized spacial score (nSPS) is 14.9. The minimum absolute atomic E-state index is 0.0417. The highest BCUT2D eigenvalue weighted by Gasteiger charge is 2.44. The van der Waals surface area contributed by atoms with Gasteiger partial charge in [0.1, 0.15) is 11.5 Å². The summed E-state index contributed by atoms with van der Waals surface area (Å²) in [6.07, 6.45) is 1.76. The van der Waals surface area contributed by atoms with Crippen LogP contribution in [0.4, 0.5) is 5.69 Å². The molecule has 0 amide bonds. The molecule has 0 atom stereocenters. The predicted octanol–water partition coefficient (Wildman–Crippen LogP) is 4.25. The molecule has 110 valence electrons. The van der Waals surface area contributed by atoms with Crippen molar-refractivity contribution in [1.29, 1.82) is 5.26 Å². The monoisotopic (exact) mass is 294 g/mol. The van der Waals surface area contributed by atoms with Crippen LogP contribution in [-0.2, 0) is 5.41 Å². The van der Waals surface area contributed by atoms with Gasteiger partial charge in [0.2, 0.25) is 0 Å². The third-order valence-electron chi connectivity index (χ3n) is 3.95. The molecule has 0 unspecified atom stereocenters. The number of nitro benzene ring substituents is 1. The number of ether oxygens (including phenoxy) is 1. The number of nitrogens with zero attached hydrogens (tertiary/aromatic N) is 2. The third-order valence-corrected chi connectivity index (χ3v) is 3.95. The highest BCUT2D eigenvalue weighted by Crippen LogP contribution is 2.48. The molecule has 0 aliphatic heterocycles. The second kappa shape index (κ2) is 5.15. The first-order valence-electron chi connectivity index (χ1n) is 6.99. The molecule has 0 saturated heterocycles. The van der Waals surface area contributed by atoms with Crippen molar-refractivity contribution in [2.45, 2.75) is 25.2 Å². The fraction of sp³-hybridized carbons (Fsp3) is 0.235. The molecule has 1 fully saturated rings. The van der Waals surface area contributed by atoms with Crippen molar-refractivity contribution in [3.05, 3.63) is 63.7 Å². The van der Waals surface area contributed by atoms with Gasteiger partial charge in [-0.2, -0.15) is 5.26 Å². The van der Waals surface area contributed by atoms with Crippen LogP contribution in [0, 0.1) is 28.4 Å². The predicted molar refractivity (Wildman–Crippen MR) is 80.9 cm³/mol. The summed E-state index contributed by atoms with van der Waals surface area (Å²) < 4.78 is 5.82. The summed E-state index contributed by atoms with van der Waals surface area (Å²) in [5, 5.41) is 20.0. The van der Waals surface area contributed by atoms with E-state index in [0.717, 1.165) is 18.4 Å². The Balaban J connectivity index is 1.87. The Morgan fingerprint density at radius 1 is 1.27 bits per heavy atom. The van der Waals surface area contributed by atoms with Crippen LogP contribution in [0.3, 0.4) is 0 Å². The lowest BCUT2D eigenvalue weighted by Gasteiger charge is -2.11. The maximum atomic E-state index is 10.8. The fourth-order valence-electron chi connectivity index (χ4n) is 2.44. The number of non-ortho nitro benzene ring substituents is 1. The lowest BCUT2D eigenvalue weighted by Crippen LogP contribution is -2.02. The van der Waals surface area contributed by atoms with E-state index in [9.17, 15) is 15.4 Å². The molecule has 3 rings (SSSR count). The maximum absolute atomic E-state index is 10.8. The molecule has 5 nitrogen and oxygen atoms in total. The van der Waals surface area contributed by atoms with Crippen molar-refractivity contribution in [2.24, 2.45) is 0 Å². The van der Waals surface area contributed by atoms with Crippen LogP contribution in [0.15, 0.2) is 42.5 Å². The number of hydrogen-bond acceptors (Lipinski definition) is 4. The Kier molecular flexibility index (Phi) is 3.30. The van der Waals surface area contributed by atoms with Gasteiger partial charge in [0.05, 0.1) is 16.4 Å². The maximum Gasteiger partial charge on any atom is 0.269 e. The van der Waals surface area contributed by atoms with E-state index in [1.807, 2.05) is 24.3 Å². The van der Waals surface area contributed by atoms with Gasteiger partial charge in [-0.1, -0.05) is 12.1 Å². The molecule has 1 saturated carbocycles. The lowest BCUT2D eigenvalue weighted by atomic mass is 9.98. The quantitative estimate of drug-likeness (QED) is 0.624. The topological polar surface area (TPSA) is 76.2 Å². The van der Waals surface area contributed by atoms with Gasteiger partial charge in [-0.05, 0) is 49.1 Å². The number of nitro groups is 1. The molecule has 0 radical (unpaired) electrons. The molecule has 2 aromatic carbocycles. The van der Waals surface area contributed by atoms with Crippen LogP contribution in [-0.4, -0.2) is 4.92 Å². The van der Waals surface area contributed by atoms with Crippen LogP contribution in [0.25, 0.3) is 0 Å². The van der Waals surface area contributed by atoms with Gasteiger partial charge >= 0.3 is 0 Å². The number of aryl methyl sites for hydroxylation is 1. The van der Waals surface area contributed by atoms with Crippen molar-refractivity contribution < 1.29 is 9.66 Å². The summed E-state index contributed by atoms with van der Waals surface area (Å²) in [4.78, 5) is 10.3. The Morgan fingerprint density at radius 2 is 2.05 bits per heavy atom. The molecule has 0 spiro atoms. The Morgan fingerprint density at radius 3 is 2.64 bits per heavy atom. The zero-order valence-electron chi connectivity index (χ0n) is 12.1. The Labute approximate surface area is 127 Å². The molecular formula is C17H14N2O3. The van der Waals surface area contributed by atoms with Crippen molar-refractivity contribution in [3.63, 3.8) is 0 Å². The second-order valence-corrected chi connectivity index (χ2v) is 5.53. The summed E-state index contributed by atoms with van der Waals surface area (Å²) in [5.41, 5.74) is 1.34. The standard InChI is InChI=1S/C17H14N2O3/c1-12-9-14(19(20)21)5-6-16(12)22-15-4-2-3-13(10-15)17(11-18)7-8-17/h2-6,9-10H,7-8H2,1H3. The molecule has 1 aliphatic carbocycles. The number of rotatable bonds is 4. The van der Waals surface area contributed by atoms with E-state index in [1.54, 1.807) is 13.0 Å². The van der Waals surface area contributed by atoms with Crippen molar-refractivity contribution >= 4 is 5.69 Å². The Bertz CT molecular complexity index is 789. The summed E-state index contributed by atoms with van der Waals surface area (Å²) in [6.45, 7) is 1.77. The molecule has 0 aromatic heterocycles. The summed E-state index contributed by atoms with van der Waals surface area (Å²) in [6, 6.07) is 14.3. The van der Waals surface area contributed by atoms with E-state index < -0.39 is 4.92 Å².